The van der Waals surface area contributed by atoms with Crippen LogP contribution in [0.2, 0.25) is 0 Å². The van der Waals surface area contributed by atoms with Crippen molar-refractivity contribution in [2.45, 2.75) is 42.0 Å². The van der Waals surface area contributed by atoms with Crippen LogP contribution in [-0.2, 0) is 38.5 Å². The van der Waals surface area contributed by atoms with E-state index >= 15 is 0 Å². The van der Waals surface area contributed by atoms with Crippen molar-refractivity contribution in [1.82, 2.24) is 13.3 Å². The fraction of sp³-hybridized carbons (Fsp3) is 0.161. The summed E-state index contributed by atoms with van der Waals surface area (Å²) in [5.74, 6) is 0. The summed E-state index contributed by atoms with van der Waals surface area (Å²) in [5, 5.41) is 0.614. The monoisotopic (exact) mass is 779 g/mol. The summed E-state index contributed by atoms with van der Waals surface area (Å²) in [4.78, 5) is 3.49. The number of hydrogen-bond acceptors (Lipinski definition) is 4. The van der Waals surface area contributed by atoms with Gasteiger partial charge in [0.05, 0.1) is 0 Å². The van der Waals surface area contributed by atoms with Crippen molar-refractivity contribution < 1.29 is 16.8 Å². The maximum atomic E-state index is 14.0. The van der Waals surface area contributed by atoms with Crippen molar-refractivity contribution in [3.63, 3.8) is 0 Å². The molecular weight excluding hydrogens is 748 g/mol. The van der Waals surface area contributed by atoms with E-state index in [1.165, 1.54) is 12.7 Å². The molecule has 0 saturated heterocycles. The van der Waals surface area contributed by atoms with E-state index in [9.17, 15) is 16.8 Å². The number of aromatic nitrogens is 2. The molecule has 0 atom stereocenters. The van der Waals surface area contributed by atoms with Gasteiger partial charge in [-0.3, -0.25) is 0 Å². The summed E-state index contributed by atoms with van der Waals surface area (Å²) < 4.78 is 60.1. The van der Waals surface area contributed by atoms with Crippen molar-refractivity contribution in [1.29, 1.82) is 0 Å². The molecule has 0 aliphatic rings. The quantitative estimate of drug-likeness (QED) is 0.148. The normalized spacial score (nSPS) is 12.2. The van der Waals surface area contributed by atoms with Crippen molar-refractivity contribution in [3.05, 3.63) is 135 Å². The molecule has 0 bridgehead atoms. The van der Waals surface area contributed by atoms with E-state index in [4.69, 9.17) is 0 Å². The molecule has 0 fully saturated rings. The van der Waals surface area contributed by atoms with Crippen LogP contribution in [0.3, 0.4) is 0 Å². The number of benzene rings is 3. The molecule has 0 radical (unpaired) electrons. The number of hydrogen-bond donors (Lipinski definition) is 1. The Morgan fingerprint density at radius 3 is 1.90 bits per heavy atom. The molecule has 42 heavy (non-hydrogen) atoms. The molecule has 3 aromatic carbocycles. The van der Waals surface area contributed by atoms with Crippen LogP contribution < -0.4 is 4.46 Å². The van der Waals surface area contributed by atoms with Gasteiger partial charge in [0.25, 0.3) is 0 Å². The minimum absolute atomic E-state index is 0.0203. The fourth-order valence-corrected chi connectivity index (χ4v) is 9.54. The Labute approximate surface area is 267 Å². The molecule has 5 rings (SSSR count). The van der Waals surface area contributed by atoms with E-state index in [2.05, 4.69) is 39.7 Å². The van der Waals surface area contributed by atoms with E-state index in [0.29, 0.717) is 10.9 Å². The van der Waals surface area contributed by atoms with Gasteiger partial charge in [0.2, 0.25) is 0 Å². The van der Waals surface area contributed by atoms with Crippen LogP contribution in [0.25, 0.3) is 0 Å². The summed E-state index contributed by atoms with van der Waals surface area (Å²) in [6.45, 7) is 3.97. The molecule has 0 aliphatic carbocycles. The second kappa shape index (κ2) is 12.9. The van der Waals surface area contributed by atoms with Gasteiger partial charge in [-0.05, 0) is 0 Å². The molecule has 0 unspecified atom stereocenters. The first-order valence-electron chi connectivity index (χ1n) is 13.1. The Kier molecular flexibility index (Phi) is 9.46. The van der Waals surface area contributed by atoms with Gasteiger partial charge in [-0.1, -0.05) is 0 Å². The van der Waals surface area contributed by atoms with Gasteiger partial charge in [0.1, 0.15) is 0 Å². The molecule has 7 nitrogen and oxygen atoms in total. The van der Waals surface area contributed by atoms with E-state index in [0.717, 1.165) is 26.0 Å². The summed E-state index contributed by atoms with van der Waals surface area (Å²) in [6.07, 6.45) is 5.00. The Balaban J connectivity index is 1.57. The van der Waals surface area contributed by atoms with Gasteiger partial charge in [-0.25, -0.2) is 0 Å². The van der Waals surface area contributed by atoms with E-state index in [-0.39, 0.29) is 37.8 Å². The third-order valence-electron chi connectivity index (χ3n) is 6.84. The second-order valence-corrected chi connectivity index (χ2v) is 17.0. The Hall–Kier alpha value is -2.67. The molecular formula is C31H30IN3O4S2Se. The van der Waals surface area contributed by atoms with Gasteiger partial charge in [0.15, 0.2) is 0 Å². The number of aromatic amines is 1. The first kappa shape index (κ1) is 30.8. The molecule has 0 saturated carbocycles. The molecule has 5 aromatic rings. The molecule has 2 aromatic heterocycles. The summed E-state index contributed by atoms with van der Waals surface area (Å²) >= 11 is 2.18. The van der Waals surface area contributed by atoms with Crippen molar-refractivity contribution in [2.24, 2.45) is 0 Å². The van der Waals surface area contributed by atoms with Crippen LogP contribution in [0.1, 0.15) is 27.8 Å². The van der Waals surface area contributed by atoms with Crippen LogP contribution >= 0.6 is 22.6 Å². The maximum absolute atomic E-state index is 14.0. The van der Waals surface area contributed by atoms with Gasteiger partial charge in [-0.2, -0.15) is 0 Å². The third-order valence-corrected chi connectivity index (χ3v) is 13.5. The summed E-state index contributed by atoms with van der Waals surface area (Å²) in [5.41, 5.74) is 4.23. The topological polar surface area (TPSA) is 92.2 Å². The average molecular weight is 779 g/mol. The van der Waals surface area contributed by atoms with Crippen LogP contribution in [0.5, 0.6) is 0 Å². The number of halogens is 1. The summed E-state index contributed by atoms with van der Waals surface area (Å²) in [6, 6.07) is 25.4. The zero-order valence-electron chi connectivity index (χ0n) is 23.1. The third kappa shape index (κ3) is 6.93. The van der Waals surface area contributed by atoms with Crippen LogP contribution in [0.15, 0.2) is 113 Å². The van der Waals surface area contributed by atoms with Gasteiger partial charge in [0, 0.05) is 0 Å². The van der Waals surface area contributed by atoms with E-state index in [1.54, 1.807) is 67.1 Å². The Morgan fingerprint density at radius 2 is 1.31 bits per heavy atom. The number of nitrogens with one attached hydrogen (secondary N) is 1. The average Bonchev–Trinajstić information content (AvgIpc) is 3.58. The predicted molar refractivity (Wildman–Crippen MR) is 175 cm³/mol. The van der Waals surface area contributed by atoms with E-state index in [1.807, 2.05) is 38.1 Å². The number of rotatable bonds is 11. The van der Waals surface area contributed by atoms with E-state index < -0.39 is 20.0 Å². The van der Waals surface area contributed by atoms with Crippen molar-refractivity contribution >= 4 is 62.1 Å². The predicted octanol–water partition coefficient (Wildman–Crippen LogP) is 5.20. The molecule has 218 valence electrons. The molecule has 2 heterocycles. The number of aryl methyl sites for hydroxylation is 2. The Morgan fingerprint density at radius 1 is 0.738 bits per heavy atom. The first-order chi connectivity index (χ1) is 20.0. The van der Waals surface area contributed by atoms with Crippen molar-refractivity contribution in [2.75, 3.05) is 0 Å². The van der Waals surface area contributed by atoms with Gasteiger partial charge >= 0.3 is 269 Å². The zero-order chi connectivity index (χ0) is 29.9. The number of nitrogens with zero attached hydrogens (tertiary/aromatic N) is 2. The minimum atomic E-state index is -3.91. The molecule has 11 heteroatoms. The fourth-order valence-electron chi connectivity index (χ4n) is 4.40. The zero-order valence-corrected chi connectivity index (χ0v) is 28.6. The number of sulfonamides is 1. The Bertz CT molecular complexity index is 1890. The summed E-state index contributed by atoms with van der Waals surface area (Å²) in [7, 11) is -7.79. The SMILES string of the molecule is Cc1ccc(S(=O)(=O)N(Cc2cn(S(=O)(=O)c3ccc(C)cc3)cc2C[Se]c2ccccc2)Cc2cc[nH]c2I)cc1. The van der Waals surface area contributed by atoms with Gasteiger partial charge in [-0.15, -0.1) is 0 Å². The molecule has 0 amide bonds. The standard InChI is InChI=1S/C31H30IN3O4S2Se/c1-23-8-12-28(13-9-23)40(36,37)34(18-25-16-17-33-31(25)32)19-26-20-35(41(38,39)29-14-10-24(2)11-15-29)21-27(26)22-42-30-6-4-3-5-7-30/h3-17,20-21,33H,18-19,22H2,1-2H3. The first-order valence-corrected chi connectivity index (χ1v) is 19.1. The molecule has 0 aliphatic heterocycles. The van der Waals surface area contributed by atoms with Crippen LogP contribution in [0.4, 0.5) is 0 Å². The number of H-pyrrole nitrogens is 1. The molecule has 1 N–H and O–H groups in total. The molecule has 0 spiro atoms. The van der Waals surface area contributed by atoms with Crippen molar-refractivity contribution in [3.8, 4) is 0 Å². The van der Waals surface area contributed by atoms with Gasteiger partial charge < -0.3 is 0 Å². The van der Waals surface area contributed by atoms with Crippen LogP contribution in [0, 0.1) is 17.5 Å². The second-order valence-electron chi connectivity index (χ2n) is 9.96. The van der Waals surface area contributed by atoms with Crippen LogP contribution in [-0.4, -0.2) is 45.1 Å².